The summed E-state index contributed by atoms with van der Waals surface area (Å²) < 4.78 is 10.8. The molecule has 0 aliphatic carbocycles. The number of nitrogens with zero attached hydrogens (tertiary/aromatic N) is 2. The quantitative estimate of drug-likeness (QED) is 0.750. The summed E-state index contributed by atoms with van der Waals surface area (Å²) in [5.74, 6) is 1.72. The number of hydrogen-bond acceptors (Lipinski definition) is 6. The predicted octanol–water partition coefficient (Wildman–Crippen LogP) is 2.07. The van der Waals surface area contributed by atoms with E-state index in [0.717, 1.165) is 56.2 Å². The second-order valence-corrected chi connectivity index (χ2v) is 8.13. The second kappa shape index (κ2) is 8.46. The zero-order valence-corrected chi connectivity index (χ0v) is 16.1. The molecule has 1 atom stereocenters. The van der Waals surface area contributed by atoms with Crippen LogP contribution in [0.2, 0.25) is 0 Å². The van der Waals surface area contributed by atoms with Crippen LogP contribution in [-0.2, 0) is 4.74 Å². The normalized spacial score (nSPS) is 21.9. The summed E-state index contributed by atoms with van der Waals surface area (Å²) in [6.07, 6.45) is 0.939. The molecule has 1 amide bonds. The van der Waals surface area contributed by atoms with Crippen LogP contribution in [0.1, 0.15) is 16.8 Å². The number of thioether (sulfide) groups is 1. The van der Waals surface area contributed by atoms with Crippen molar-refractivity contribution in [2.75, 3.05) is 50.9 Å². The number of ether oxygens (including phenoxy) is 1. The minimum atomic E-state index is -0.555. The van der Waals surface area contributed by atoms with Gasteiger partial charge < -0.3 is 14.1 Å². The van der Waals surface area contributed by atoms with Crippen molar-refractivity contribution in [3.8, 4) is 0 Å². The lowest BCUT2D eigenvalue weighted by Crippen LogP contribution is -2.51. The number of fused-ring (bicyclic) bond motifs is 1. The Balaban J connectivity index is 1.60. The third kappa shape index (κ3) is 4.20. The molecule has 1 aromatic carbocycles. The van der Waals surface area contributed by atoms with Crippen LogP contribution >= 0.6 is 11.8 Å². The largest absolute Gasteiger partial charge is 0.422 e. The maximum Gasteiger partial charge on any atom is 0.349 e. The molecule has 0 N–H and O–H groups in total. The number of carbonyl (C=O) groups is 1. The van der Waals surface area contributed by atoms with Crippen LogP contribution < -0.4 is 5.63 Å². The van der Waals surface area contributed by atoms with Gasteiger partial charge in [-0.3, -0.25) is 9.69 Å². The van der Waals surface area contributed by atoms with E-state index in [1.54, 1.807) is 12.1 Å². The molecule has 2 aliphatic rings. The van der Waals surface area contributed by atoms with Crippen molar-refractivity contribution in [1.82, 2.24) is 9.80 Å². The van der Waals surface area contributed by atoms with Crippen LogP contribution in [0.25, 0.3) is 11.0 Å². The Hall–Kier alpha value is -1.83. The van der Waals surface area contributed by atoms with Crippen molar-refractivity contribution >= 4 is 28.6 Å². The summed E-state index contributed by atoms with van der Waals surface area (Å²) in [5, 5.41) is 0.773. The average molecular weight is 388 g/mol. The molecule has 4 rings (SSSR count). The highest BCUT2D eigenvalue weighted by Gasteiger charge is 2.30. The molecule has 3 heterocycles. The molecule has 1 unspecified atom stereocenters. The molecule has 7 heteroatoms. The Labute approximate surface area is 162 Å². The van der Waals surface area contributed by atoms with Gasteiger partial charge in [0.25, 0.3) is 5.91 Å². The molecule has 6 nitrogen and oxygen atoms in total. The van der Waals surface area contributed by atoms with Crippen molar-refractivity contribution in [1.29, 1.82) is 0 Å². The van der Waals surface area contributed by atoms with E-state index < -0.39 is 5.63 Å². The molecule has 2 fully saturated rings. The third-order valence-electron chi connectivity index (χ3n) is 5.14. The first kappa shape index (κ1) is 18.5. The van der Waals surface area contributed by atoms with E-state index in [1.165, 1.54) is 0 Å². The van der Waals surface area contributed by atoms with E-state index in [0.29, 0.717) is 12.1 Å². The molecule has 2 aromatic rings. The Morgan fingerprint density at radius 1 is 1.19 bits per heavy atom. The number of carbonyl (C=O) groups excluding carboxylic acids is 1. The summed E-state index contributed by atoms with van der Waals surface area (Å²) in [7, 11) is 0. The highest BCUT2D eigenvalue weighted by Crippen LogP contribution is 2.21. The zero-order chi connectivity index (χ0) is 18.6. The lowest BCUT2D eigenvalue weighted by Gasteiger charge is -2.35. The summed E-state index contributed by atoms with van der Waals surface area (Å²) in [6, 6.07) is 9.06. The van der Waals surface area contributed by atoms with Gasteiger partial charge in [0, 0.05) is 37.3 Å². The van der Waals surface area contributed by atoms with Gasteiger partial charge in [-0.05, 0) is 24.3 Å². The standard InChI is InChI=1S/C20H24N2O4S/c23-19(17-12-15-4-1-2-5-18(15)26-20(17)24)22-6-3-11-27-14-16(22)13-21-7-9-25-10-8-21/h1-2,4-5,12,16H,3,6-11,13-14H2. The lowest BCUT2D eigenvalue weighted by atomic mass is 10.1. The van der Waals surface area contributed by atoms with Gasteiger partial charge in [-0.1, -0.05) is 18.2 Å². The monoisotopic (exact) mass is 388 g/mol. The van der Waals surface area contributed by atoms with Gasteiger partial charge in [0.15, 0.2) is 0 Å². The van der Waals surface area contributed by atoms with Crippen LogP contribution in [-0.4, -0.2) is 72.6 Å². The first-order valence-corrected chi connectivity index (χ1v) is 10.6. The first-order valence-electron chi connectivity index (χ1n) is 9.44. The van der Waals surface area contributed by atoms with E-state index >= 15 is 0 Å². The molecular formula is C20H24N2O4S. The predicted molar refractivity (Wildman–Crippen MR) is 107 cm³/mol. The van der Waals surface area contributed by atoms with E-state index in [9.17, 15) is 9.59 Å². The number of hydrogen-bond donors (Lipinski definition) is 0. The minimum Gasteiger partial charge on any atom is -0.422 e. The molecule has 2 aliphatic heterocycles. The van der Waals surface area contributed by atoms with Crippen LogP contribution in [0.4, 0.5) is 0 Å². The van der Waals surface area contributed by atoms with E-state index in [-0.39, 0.29) is 17.5 Å². The Morgan fingerprint density at radius 3 is 2.85 bits per heavy atom. The molecule has 2 saturated heterocycles. The third-order valence-corrected chi connectivity index (χ3v) is 6.34. The number of morpholine rings is 1. The van der Waals surface area contributed by atoms with Gasteiger partial charge in [-0.2, -0.15) is 11.8 Å². The summed E-state index contributed by atoms with van der Waals surface area (Å²) >= 11 is 1.88. The van der Waals surface area contributed by atoms with Crippen LogP contribution in [0.15, 0.2) is 39.5 Å². The fourth-order valence-corrected chi connectivity index (χ4v) is 4.75. The van der Waals surface area contributed by atoms with Gasteiger partial charge in [0.05, 0.1) is 19.3 Å². The SMILES string of the molecule is O=C(c1cc2ccccc2oc1=O)N1CCCSCC1CN1CCOCC1. The van der Waals surface area contributed by atoms with Gasteiger partial charge in [-0.15, -0.1) is 0 Å². The molecule has 0 radical (unpaired) electrons. The van der Waals surface area contributed by atoms with Gasteiger partial charge in [0.2, 0.25) is 0 Å². The van der Waals surface area contributed by atoms with E-state index in [2.05, 4.69) is 4.90 Å². The minimum absolute atomic E-state index is 0.0916. The first-order chi connectivity index (χ1) is 13.2. The Kier molecular flexibility index (Phi) is 5.80. The van der Waals surface area contributed by atoms with E-state index in [1.807, 2.05) is 34.9 Å². The van der Waals surface area contributed by atoms with Gasteiger partial charge in [-0.25, -0.2) is 4.79 Å². The lowest BCUT2D eigenvalue weighted by molar-refractivity contribution is 0.0244. The highest BCUT2D eigenvalue weighted by molar-refractivity contribution is 7.99. The van der Waals surface area contributed by atoms with Crippen LogP contribution in [0.5, 0.6) is 0 Å². The second-order valence-electron chi connectivity index (χ2n) is 6.98. The Morgan fingerprint density at radius 2 is 2.00 bits per heavy atom. The number of amides is 1. The van der Waals surface area contributed by atoms with Crippen molar-refractivity contribution in [3.05, 3.63) is 46.3 Å². The smallest absolute Gasteiger partial charge is 0.349 e. The Bertz CT molecular complexity index is 862. The zero-order valence-electron chi connectivity index (χ0n) is 15.3. The van der Waals surface area contributed by atoms with E-state index in [4.69, 9.17) is 9.15 Å². The van der Waals surface area contributed by atoms with Crippen molar-refractivity contribution < 1.29 is 13.9 Å². The molecule has 0 saturated carbocycles. The van der Waals surface area contributed by atoms with Crippen molar-refractivity contribution in [2.45, 2.75) is 12.5 Å². The summed E-state index contributed by atoms with van der Waals surface area (Å²) in [4.78, 5) is 30.0. The summed E-state index contributed by atoms with van der Waals surface area (Å²) in [6.45, 7) is 4.75. The maximum atomic E-state index is 13.3. The topological polar surface area (TPSA) is 63.0 Å². The van der Waals surface area contributed by atoms with Gasteiger partial charge >= 0.3 is 5.63 Å². The number of para-hydroxylation sites is 1. The molecule has 144 valence electrons. The fraction of sp³-hybridized carbons (Fsp3) is 0.500. The highest BCUT2D eigenvalue weighted by atomic mass is 32.2. The summed E-state index contributed by atoms with van der Waals surface area (Å²) in [5.41, 5.74) is 0.0867. The number of benzene rings is 1. The van der Waals surface area contributed by atoms with Crippen molar-refractivity contribution in [2.24, 2.45) is 0 Å². The molecule has 27 heavy (non-hydrogen) atoms. The van der Waals surface area contributed by atoms with Crippen molar-refractivity contribution in [3.63, 3.8) is 0 Å². The average Bonchev–Trinajstić information content (AvgIpc) is 2.93. The van der Waals surface area contributed by atoms with Gasteiger partial charge in [0.1, 0.15) is 11.1 Å². The molecule has 0 spiro atoms. The van der Waals surface area contributed by atoms with Crippen LogP contribution in [0, 0.1) is 0 Å². The molecule has 1 aromatic heterocycles. The fourth-order valence-electron chi connectivity index (χ4n) is 3.70. The maximum absolute atomic E-state index is 13.3. The molecular weight excluding hydrogens is 364 g/mol. The molecule has 0 bridgehead atoms. The number of rotatable bonds is 3. The van der Waals surface area contributed by atoms with Crippen LogP contribution in [0.3, 0.4) is 0 Å².